The maximum absolute atomic E-state index is 5.97. The Morgan fingerprint density at radius 2 is 2.27 bits per heavy atom. The third-order valence-corrected chi connectivity index (χ3v) is 3.43. The molecule has 1 fully saturated rings. The highest BCUT2D eigenvalue weighted by molar-refractivity contribution is 5.65. The van der Waals surface area contributed by atoms with E-state index < -0.39 is 0 Å². The number of aromatic nitrogens is 1. The van der Waals surface area contributed by atoms with Crippen molar-refractivity contribution in [1.29, 1.82) is 0 Å². The quantitative estimate of drug-likeness (QED) is 0.797. The summed E-state index contributed by atoms with van der Waals surface area (Å²) in [6, 6.07) is 2.42. The molecule has 0 aromatic carbocycles. The van der Waals surface area contributed by atoms with Crippen LogP contribution in [-0.2, 0) is 0 Å². The Balaban J connectivity index is 2.06. The van der Waals surface area contributed by atoms with Gasteiger partial charge >= 0.3 is 0 Å². The van der Waals surface area contributed by atoms with Crippen LogP contribution in [0.25, 0.3) is 0 Å². The molecular weight excluding hydrogens is 186 g/mol. The first-order valence-corrected chi connectivity index (χ1v) is 5.66. The van der Waals surface area contributed by atoms with Crippen molar-refractivity contribution in [3.8, 4) is 0 Å². The lowest BCUT2D eigenvalue weighted by molar-refractivity contribution is 0.285. The minimum absolute atomic E-state index is 0.482. The molecule has 3 heteroatoms. The largest absolute Gasteiger partial charge is 0.396 e. The first kappa shape index (κ1) is 10.3. The second-order valence-corrected chi connectivity index (χ2v) is 4.51. The third kappa shape index (κ3) is 2.06. The molecule has 0 saturated heterocycles. The van der Waals surface area contributed by atoms with Crippen LogP contribution in [0.15, 0.2) is 12.3 Å². The van der Waals surface area contributed by atoms with Gasteiger partial charge in [-0.25, -0.2) is 4.98 Å². The summed E-state index contributed by atoms with van der Waals surface area (Å²) in [5, 5.41) is 3.42. The molecule has 0 radical (unpaired) electrons. The lowest BCUT2D eigenvalue weighted by Crippen LogP contribution is -2.31. The zero-order chi connectivity index (χ0) is 10.8. The second kappa shape index (κ2) is 4.09. The van der Waals surface area contributed by atoms with Gasteiger partial charge in [-0.1, -0.05) is 6.42 Å². The van der Waals surface area contributed by atoms with Crippen LogP contribution >= 0.6 is 0 Å². The summed E-state index contributed by atoms with van der Waals surface area (Å²) in [6.45, 7) is 4.23. The van der Waals surface area contributed by atoms with Gasteiger partial charge in [0.05, 0.1) is 5.69 Å². The molecule has 0 spiro atoms. The number of hydrogen-bond acceptors (Lipinski definition) is 3. The van der Waals surface area contributed by atoms with Crippen LogP contribution in [0.2, 0.25) is 0 Å². The van der Waals surface area contributed by atoms with Crippen LogP contribution in [0.1, 0.15) is 31.7 Å². The van der Waals surface area contributed by atoms with E-state index in [0.29, 0.717) is 6.04 Å². The van der Waals surface area contributed by atoms with E-state index in [1.54, 1.807) is 0 Å². The van der Waals surface area contributed by atoms with Gasteiger partial charge in [0.2, 0.25) is 0 Å². The average molecular weight is 205 g/mol. The first-order valence-electron chi connectivity index (χ1n) is 5.66. The molecule has 1 saturated carbocycles. The van der Waals surface area contributed by atoms with Crippen LogP contribution in [0.4, 0.5) is 11.5 Å². The van der Waals surface area contributed by atoms with Gasteiger partial charge in [0.1, 0.15) is 5.82 Å². The number of anilines is 2. The van der Waals surface area contributed by atoms with E-state index >= 15 is 0 Å². The van der Waals surface area contributed by atoms with E-state index in [2.05, 4.69) is 17.2 Å². The van der Waals surface area contributed by atoms with Crippen molar-refractivity contribution >= 4 is 11.5 Å². The molecule has 1 aromatic rings. The van der Waals surface area contributed by atoms with Gasteiger partial charge in [-0.2, -0.15) is 0 Å². The normalized spacial score (nSPS) is 18.3. The second-order valence-electron chi connectivity index (χ2n) is 4.51. The maximum atomic E-state index is 5.97. The number of nitrogens with two attached hydrogens (primary N) is 1. The van der Waals surface area contributed by atoms with E-state index in [1.165, 1.54) is 19.3 Å². The van der Waals surface area contributed by atoms with Gasteiger partial charge in [0.15, 0.2) is 0 Å². The Kier molecular flexibility index (Phi) is 2.80. The van der Waals surface area contributed by atoms with Gasteiger partial charge in [0, 0.05) is 12.2 Å². The van der Waals surface area contributed by atoms with E-state index in [-0.39, 0.29) is 0 Å². The molecule has 0 amide bonds. The molecule has 0 bridgehead atoms. The Morgan fingerprint density at radius 1 is 1.53 bits per heavy atom. The zero-order valence-electron chi connectivity index (χ0n) is 9.46. The molecule has 1 atom stereocenters. The van der Waals surface area contributed by atoms with Crippen molar-refractivity contribution in [2.24, 2.45) is 5.92 Å². The predicted octanol–water partition coefficient (Wildman–Crippen LogP) is 2.57. The third-order valence-electron chi connectivity index (χ3n) is 3.43. The Hall–Kier alpha value is -1.25. The number of pyridine rings is 1. The molecule has 82 valence electrons. The average Bonchev–Trinajstić information content (AvgIpc) is 2.10. The molecule has 1 heterocycles. The number of rotatable bonds is 3. The number of nitrogens with zero attached hydrogens (tertiary/aromatic N) is 1. The molecule has 2 rings (SSSR count). The van der Waals surface area contributed by atoms with Crippen LogP contribution < -0.4 is 11.1 Å². The monoisotopic (exact) mass is 205 g/mol. The van der Waals surface area contributed by atoms with Crippen molar-refractivity contribution in [2.75, 3.05) is 11.1 Å². The zero-order valence-corrected chi connectivity index (χ0v) is 9.46. The van der Waals surface area contributed by atoms with E-state index in [1.807, 2.05) is 19.2 Å². The molecule has 1 aliphatic carbocycles. The summed E-state index contributed by atoms with van der Waals surface area (Å²) in [4.78, 5) is 4.28. The topological polar surface area (TPSA) is 50.9 Å². The molecule has 1 unspecified atom stereocenters. The lowest BCUT2D eigenvalue weighted by atomic mass is 9.80. The van der Waals surface area contributed by atoms with Crippen LogP contribution in [0.3, 0.4) is 0 Å². The minimum atomic E-state index is 0.482. The minimum Gasteiger partial charge on any atom is -0.396 e. The Bertz CT molecular complexity index is 345. The van der Waals surface area contributed by atoms with Gasteiger partial charge in [-0.15, -0.1) is 0 Å². The highest BCUT2D eigenvalue weighted by Crippen LogP contribution is 2.31. The summed E-state index contributed by atoms with van der Waals surface area (Å²) in [7, 11) is 0. The van der Waals surface area contributed by atoms with Crippen molar-refractivity contribution in [1.82, 2.24) is 4.98 Å². The molecule has 1 aliphatic rings. The number of aryl methyl sites for hydroxylation is 1. The highest BCUT2D eigenvalue weighted by atomic mass is 15.0. The SMILES string of the molecule is Cc1ccnc(NC(C)C2CCC2)c1N. The summed E-state index contributed by atoms with van der Waals surface area (Å²) < 4.78 is 0. The fraction of sp³-hybridized carbons (Fsp3) is 0.583. The van der Waals surface area contributed by atoms with Crippen LogP contribution in [-0.4, -0.2) is 11.0 Å². The van der Waals surface area contributed by atoms with E-state index in [4.69, 9.17) is 5.73 Å². The number of nitrogen functional groups attached to an aromatic ring is 1. The van der Waals surface area contributed by atoms with Gasteiger partial charge in [-0.3, -0.25) is 0 Å². The van der Waals surface area contributed by atoms with Crippen molar-refractivity contribution in [2.45, 2.75) is 39.2 Å². The van der Waals surface area contributed by atoms with Gasteiger partial charge < -0.3 is 11.1 Å². The smallest absolute Gasteiger partial charge is 0.149 e. The van der Waals surface area contributed by atoms with Crippen molar-refractivity contribution < 1.29 is 0 Å². The summed E-state index contributed by atoms with van der Waals surface area (Å²) in [5.41, 5.74) is 7.84. The summed E-state index contributed by atoms with van der Waals surface area (Å²) >= 11 is 0. The molecule has 3 nitrogen and oxygen atoms in total. The molecule has 15 heavy (non-hydrogen) atoms. The lowest BCUT2D eigenvalue weighted by Gasteiger charge is -2.32. The summed E-state index contributed by atoms with van der Waals surface area (Å²) in [6.07, 6.45) is 5.84. The predicted molar refractivity (Wildman–Crippen MR) is 63.8 cm³/mol. The van der Waals surface area contributed by atoms with Gasteiger partial charge in [0.25, 0.3) is 0 Å². The van der Waals surface area contributed by atoms with Crippen molar-refractivity contribution in [3.63, 3.8) is 0 Å². The van der Waals surface area contributed by atoms with Crippen molar-refractivity contribution in [3.05, 3.63) is 17.8 Å². The number of hydrogen-bond donors (Lipinski definition) is 2. The Morgan fingerprint density at radius 3 is 2.87 bits per heavy atom. The van der Waals surface area contributed by atoms with Gasteiger partial charge in [-0.05, 0) is 44.2 Å². The molecular formula is C12H19N3. The fourth-order valence-electron chi connectivity index (χ4n) is 1.96. The van der Waals surface area contributed by atoms with Crippen LogP contribution in [0.5, 0.6) is 0 Å². The van der Waals surface area contributed by atoms with E-state index in [0.717, 1.165) is 23.0 Å². The Labute approximate surface area is 91.1 Å². The number of nitrogens with one attached hydrogen (secondary N) is 1. The van der Waals surface area contributed by atoms with Crippen LogP contribution in [0, 0.1) is 12.8 Å². The maximum Gasteiger partial charge on any atom is 0.149 e. The fourth-order valence-corrected chi connectivity index (χ4v) is 1.96. The summed E-state index contributed by atoms with van der Waals surface area (Å²) in [5.74, 6) is 1.64. The standard InChI is InChI=1S/C12H19N3/c1-8-6-7-14-12(11(8)13)15-9(2)10-4-3-5-10/h6-7,9-10H,3-5,13H2,1-2H3,(H,14,15). The molecule has 1 aromatic heterocycles. The van der Waals surface area contributed by atoms with E-state index in [9.17, 15) is 0 Å². The highest BCUT2D eigenvalue weighted by Gasteiger charge is 2.24. The first-order chi connectivity index (χ1) is 7.18. The molecule has 0 aliphatic heterocycles. The molecule has 3 N–H and O–H groups in total.